The Kier molecular flexibility index (Phi) is 7.62. The molecule has 2 aromatic rings. The molecule has 24 heavy (non-hydrogen) atoms. The van der Waals surface area contributed by atoms with Crippen LogP contribution in [0, 0.1) is 5.82 Å². The first-order valence-corrected chi connectivity index (χ1v) is 9.42. The van der Waals surface area contributed by atoms with Crippen molar-refractivity contribution in [1.82, 2.24) is 10.2 Å². The second-order valence-electron chi connectivity index (χ2n) is 6.10. The quantitative estimate of drug-likeness (QED) is 0.700. The smallest absolute Gasteiger partial charge is 0.169 e. The topological polar surface area (TPSA) is 19.7 Å². The highest BCUT2D eigenvalue weighted by molar-refractivity contribution is 7.80. The van der Waals surface area contributed by atoms with Crippen LogP contribution in [0.1, 0.15) is 16.9 Å². The molecule has 0 amide bonds. The van der Waals surface area contributed by atoms with Crippen LogP contribution in [0.4, 0.5) is 4.39 Å². The lowest BCUT2D eigenvalue weighted by Gasteiger charge is -2.25. The van der Waals surface area contributed by atoms with Crippen LogP contribution in [0.15, 0.2) is 41.8 Å². The van der Waals surface area contributed by atoms with Gasteiger partial charge in [0.15, 0.2) is 5.11 Å². The summed E-state index contributed by atoms with van der Waals surface area (Å²) in [7, 11) is 4.32. The van der Waals surface area contributed by atoms with Crippen molar-refractivity contribution in [3.05, 3.63) is 58.0 Å². The van der Waals surface area contributed by atoms with Crippen LogP contribution in [-0.2, 0) is 13.1 Å². The Bertz CT molecular complexity index is 612. The first-order valence-electron chi connectivity index (χ1n) is 8.13. The third-order valence-electron chi connectivity index (χ3n) is 3.68. The van der Waals surface area contributed by atoms with Crippen LogP contribution in [0.5, 0.6) is 0 Å². The van der Waals surface area contributed by atoms with Crippen molar-refractivity contribution in [2.24, 2.45) is 0 Å². The first kappa shape index (κ1) is 18.8. The van der Waals surface area contributed by atoms with E-state index >= 15 is 0 Å². The zero-order chi connectivity index (χ0) is 17.4. The summed E-state index contributed by atoms with van der Waals surface area (Å²) in [6, 6.07) is 10.7. The molecule has 0 radical (unpaired) electrons. The zero-order valence-corrected chi connectivity index (χ0v) is 15.9. The molecule has 1 heterocycles. The van der Waals surface area contributed by atoms with Crippen LogP contribution >= 0.6 is 23.6 Å². The molecule has 0 atom stereocenters. The van der Waals surface area contributed by atoms with Gasteiger partial charge in [-0.2, -0.15) is 0 Å². The molecular formula is C18H25FN3S2+. The number of rotatable bonds is 8. The third kappa shape index (κ3) is 6.55. The van der Waals surface area contributed by atoms with Gasteiger partial charge in [0.05, 0.1) is 27.2 Å². The predicted octanol–water partition coefficient (Wildman–Crippen LogP) is 2.30. The number of halogens is 1. The molecule has 0 unspecified atom stereocenters. The van der Waals surface area contributed by atoms with Crippen LogP contribution in [0.2, 0.25) is 0 Å². The third-order valence-corrected chi connectivity index (χ3v) is 4.94. The van der Waals surface area contributed by atoms with Crippen molar-refractivity contribution >= 4 is 28.7 Å². The number of nitrogens with zero attached hydrogens (tertiary/aromatic N) is 1. The summed E-state index contributed by atoms with van der Waals surface area (Å²) in [5, 5.41) is 6.14. The highest BCUT2D eigenvalue weighted by Crippen LogP contribution is 2.12. The van der Waals surface area contributed by atoms with E-state index in [0.29, 0.717) is 6.54 Å². The van der Waals surface area contributed by atoms with Crippen molar-refractivity contribution in [3.63, 3.8) is 0 Å². The second kappa shape index (κ2) is 9.71. The summed E-state index contributed by atoms with van der Waals surface area (Å²) < 4.78 is 13.0. The fourth-order valence-electron chi connectivity index (χ4n) is 2.36. The molecule has 0 bridgehead atoms. The Hall–Kier alpha value is -1.50. The van der Waals surface area contributed by atoms with Gasteiger partial charge in [0.25, 0.3) is 0 Å². The van der Waals surface area contributed by atoms with Crippen molar-refractivity contribution in [3.8, 4) is 0 Å². The van der Waals surface area contributed by atoms with Gasteiger partial charge < -0.3 is 15.1 Å². The number of quaternary nitrogens is 1. The molecule has 1 aromatic heterocycles. The van der Waals surface area contributed by atoms with Crippen molar-refractivity contribution in [1.29, 1.82) is 0 Å². The number of thiocarbonyl (C=S) groups is 1. The Labute approximate surface area is 153 Å². The number of hydrogen-bond donors (Lipinski definition) is 2. The summed E-state index contributed by atoms with van der Waals surface area (Å²) in [6.07, 6.45) is 1.09. The standard InChI is InChI=1S/C18H24FN3S2/c1-21(2)10-4-11-22(14-17-5-3-12-24-17)18(23)20-13-15-6-8-16(19)9-7-15/h3,5-9,12H,4,10-11,13-14H2,1-2H3,(H,20,23)/p+1. The van der Waals surface area contributed by atoms with Gasteiger partial charge in [-0.3, -0.25) is 0 Å². The Morgan fingerprint density at radius 1 is 1.25 bits per heavy atom. The van der Waals surface area contributed by atoms with Crippen LogP contribution in [0.3, 0.4) is 0 Å². The second-order valence-corrected chi connectivity index (χ2v) is 7.52. The largest absolute Gasteiger partial charge is 0.358 e. The summed E-state index contributed by atoms with van der Waals surface area (Å²) in [5.41, 5.74) is 1.02. The SMILES string of the molecule is C[NH+](C)CCCN(Cc1cccs1)C(=S)NCc1ccc(F)cc1. The van der Waals surface area contributed by atoms with E-state index in [1.807, 2.05) is 0 Å². The highest BCUT2D eigenvalue weighted by Gasteiger charge is 2.11. The van der Waals surface area contributed by atoms with E-state index in [1.54, 1.807) is 23.5 Å². The lowest BCUT2D eigenvalue weighted by molar-refractivity contribution is -0.858. The Morgan fingerprint density at radius 3 is 2.62 bits per heavy atom. The molecule has 0 fully saturated rings. The summed E-state index contributed by atoms with van der Waals surface area (Å²) in [4.78, 5) is 4.96. The van der Waals surface area contributed by atoms with Gasteiger partial charge in [0.2, 0.25) is 0 Å². The van der Waals surface area contributed by atoms with Crippen LogP contribution in [-0.4, -0.2) is 37.2 Å². The first-order chi connectivity index (χ1) is 11.5. The normalized spacial score (nSPS) is 10.8. The molecule has 1 aromatic carbocycles. The average molecular weight is 367 g/mol. The molecular weight excluding hydrogens is 341 g/mol. The van der Waals surface area contributed by atoms with Gasteiger partial charge in [-0.1, -0.05) is 18.2 Å². The molecule has 0 aliphatic heterocycles. The maximum atomic E-state index is 13.0. The minimum Gasteiger partial charge on any atom is -0.358 e. The fourth-order valence-corrected chi connectivity index (χ4v) is 3.31. The van der Waals surface area contributed by atoms with Gasteiger partial charge in [-0.15, -0.1) is 11.3 Å². The van der Waals surface area contributed by atoms with E-state index in [9.17, 15) is 4.39 Å². The fraction of sp³-hybridized carbons (Fsp3) is 0.389. The lowest BCUT2D eigenvalue weighted by atomic mass is 10.2. The van der Waals surface area contributed by atoms with Gasteiger partial charge >= 0.3 is 0 Å². The summed E-state index contributed by atoms with van der Waals surface area (Å²) in [5.74, 6) is -0.216. The van der Waals surface area contributed by atoms with Crippen molar-refractivity contribution in [2.75, 3.05) is 27.2 Å². The summed E-state index contributed by atoms with van der Waals surface area (Å²) >= 11 is 7.34. The number of nitrogens with one attached hydrogen (secondary N) is 2. The van der Waals surface area contributed by atoms with Gasteiger partial charge in [0, 0.05) is 24.4 Å². The highest BCUT2D eigenvalue weighted by atomic mass is 32.1. The maximum absolute atomic E-state index is 13.0. The number of hydrogen-bond acceptors (Lipinski definition) is 2. The number of benzene rings is 1. The van der Waals surface area contributed by atoms with E-state index in [-0.39, 0.29) is 5.82 Å². The summed E-state index contributed by atoms with van der Waals surface area (Å²) in [6.45, 7) is 3.48. The Morgan fingerprint density at radius 2 is 2.00 bits per heavy atom. The molecule has 6 heteroatoms. The zero-order valence-electron chi connectivity index (χ0n) is 14.2. The van der Waals surface area contributed by atoms with Crippen molar-refractivity contribution in [2.45, 2.75) is 19.5 Å². The molecule has 0 saturated carbocycles. The molecule has 0 spiro atoms. The van der Waals surface area contributed by atoms with E-state index < -0.39 is 0 Å². The molecule has 3 nitrogen and oxygen atoms in total. The molecule has 0 saturated heterocycles. The van der Waals surface area contributed by atoms with E-state index in [1.165, 1.54) is 21.9 Å². The predicted molar refractivity (Wildman–Crippen MR) is 103 cm³/mol. The van der Waals surface area contributed by atoms with Crippen LogP contribution < -0.4 is 10.2 Å². The van der Waals surface area contributed by atoms with Crippen molar-refractivity contribution < 1.29 is 9.29 Å². The average Bonchev–Trinajstić information content (AvgIpc) is 3.06. The molecule has 2 N–H and O–H groups in total. The monoisotopic (exact) mass is 366 g/mol. The molecule has 130 valence electrons. The maximum Gasteiger partial charge on any atom is 0.169 e. The van der Waals surface area contributed by atoms with E-state index in [2.05, 4.69) is 41.8 Å². The van der Waals surface area contributed by atoms with E-state index in [0.717, 1.165) is 36.7 Å². The van der Waals surface area contributed by atoms with Gasteiger partial charge in [0.1, 0.15) is 5.82 Å². The molecule has 0 aliphatic rings. The molecule has 2 rings (SSSR count). The van der Waals surface area contributed by atoms with Gasteiger partial charge in [-0.25, -0.2) is 4.39 Å². The lowest BCUT2D eigenvalue weighted by Crippen LogP contribution is -3.05. The minimum absolute atomic E-state index is 0.216. The Balaban J connectivity index is 1.90. The minimum atomic E-state index is -0.216. The van der Waals surface area contributed by atoms with E-state index in [4.69, 9.17) is 12.2 Å². The number of thiophene rings is 1. The van der Waals surface area contributed by atoms with Gasteiger partial charge in [-0.05, 0) is 41.4 Å². The van der Waals surface area contributed by atoms with Crippen LogP contribution in [0.25, 0.3) is 0 Å². The molecule has 0 aliphatic carbocycles.